The third-order valence-electron chi connectivity index (χ3n) is 5.39. The molecule has 1 aromatic carbocycles. The third-order valence-corrected chi connectivity index (χ3v) is 5.90. The van der Waals surface area contributed by atoms with E-state index < -0.39 is 23.7 Å². The lowest BCUT2D eigenvalue weighted by atomic mass is 9.88. The van der Waals surface area contributed by atoms with Crippen LogP contribution < -0.4 is 0 Å². The van der Waals surface area contributed by atoms with Gasteiger partial charge in [-0.3, -0.25) is 9.59 Å². The number of carbonyl (C=O) groups excluding carboxylic acids is 2. The maximum absolute atomic E-state index is 12.8. The standard InChI is InChI=1S/C21H25Cl2N3O3/c1-2-3-4-6-15-18(16-11-14(22)12-17(23)19(16)27)26(21(29)20(15)28)9-5-8-25-10-7-24-13-25/h7,10-13,15,18,27H,2-6,8-9H2,1H3. The zero-order chi connectivity index (χ0) is 21.0. The third kappa shape index (κ3) is 4.75. The zero-order valence-corrected chi connectivity index (χ0v) is 17.9. The summed E-state index contributed by atoms with van der Waals surface area (Å²) in [5.74, 6) is -1.53. The summed E-state index contributed by atoms with van der Waals surface area (Å²) in [6.07, 6.45) is 9.34. The molecule has 1 N–H and O–H groups in total. The van der Waals surface area contributed by atoms with Gasteiger partial charge < -0.3 is 14.6 Å². The number of ketones is 1. The molecule has 2 unspecified atom stereocenters. The number of aromatic hydroxyl groups is 1. The van der Waals surface area contributed by atoms with Crippen molar-refractivity contribution in [1.29, 1.82) is 0 Å². The summed E-state index contributed by atoms with van der Waals surface area (Å²) in [5, 5.41) is 11.1. The first-order valence-electron chi connectivity index (χ1n) is 9.92. The molecule has 156 valence electrons. The van der Waals surface area contributed by atoms with Crippen LogP contribution in [0, 0.1) is 5.92 Å². The largest absolute Gasteiger partial charge is 0.506 e. The number of imidazole rings is 1. The van der Waals surface area contributed by atoms with E-state index in [1.807, 2.05) is 10.8 Å². The van der Waals surface area contributed by atoms with Gasteiger partial charge in [-0.05, 0) is 25.0 Å². The first kappa shape index (κ1) is 21.7. The van der Waals surface area contributed by atoms with Crippen molar-refractivity contribution in [3.8, 4) is 5.75 Å². The van der Waals surface area contributed by atoms with Gasteiger partial charge in [0.05, 0.1) is 23.3 Å². The Bertz CT molecular complexity index is 870. The summed E-state index contributed by atoms with van der Waals surface area (Å²) in [5.41, 5.74) is 0.436. The predicted molar refractivity (Wildman–Crippen MR) is 112 cm³/mol. The number of Topliss-reactive ketones (excluding diaryl/α,β-unsaturated/α-hetero) is 1. The number of phenols is 1. The second-order valence-electron chi connectivity index (χ2n) is 7.39. The highest BCUT2D eigenvalue weighted by Gasteiger charge is 2.48. The summed E-state index contributed by atoms with van der Waals surface area (Å²) in [6, 6.07) is 2.50. The van der Waals surface area contributed by atoms with Gasteiger partial charge in [-0.2, -0.15) is 0 Å². The number of aryl methyl sites for hydroxylation is 1. The van der Waals surface area contributed by atoms with Gasteiger partial charge in [0.25, 0.3) is 5.91 Å². The molecule has 1 fully saturated rings. The normalized spacial score (nSPS) is 19.3. The van der Waals surface area contributed by atoms with Crippen molar-refractivity contribution in [2.24, 2.45) is 5.92 Å². The predicted octanol–water partition coefficient (Wildman–Crippen LogP) is 4.63. The molecule has 0 radical (unpaired) electrons. The Morgan fingerprint density at radius 3 is 2.62 bits per heavy atom. The number of likely N-dealkylation sites (tertiary alicyclic amines) is 1. The van der Waals surface area contributed by atoms with E-state index in [0.717, 1.165) is 19.3 Å². The quantitative estimate of drug-likeness (QED) is 0.458. The molecule has 29 heavy (non-hydrogen) atoms. The Labute approximate surface area is 180 Å². The maximum atomic E-state index is 12.8. The highest BCUT2D eigenvalue weighted by molar-refractivity contribution is 6.39. The van der Waals surface area contributed by atoms with Crippen molar-refractivity contribution in [3.63, 3.8) is 0 Å². The monoisotopic (exact) mass is 437 g/mol. The number of aromatic nitrogens is 2. The van der Waals surface area contributed by atoms with E-state index in [1.165, 1.54) is 6.07 Å². The van der Waals surface area contributed by atoms with Crippen LogP contribution in [0.1, 0.15) is 50.6 Å². The average molecular weight is 438 g/mol. The van der Waals surface area contributed by atoms with E-state index in [0.29, 0.717) is 36.5 Å². The lowest BCUT2D eigenvalue weighted by Crippen LogP contribution is -2.31. The molecule has 0 bridgehead atoms. The van der Waals surface area contributed by atoms with Gasteiger partial charge in [0.1, 0.15) is 5.75 Å². The van der Waals surface area contributed by atoms with Crippen LogP contribution in [0.15, 0.2) is 30.9 Å². The molecule has 1 saturated heterocycles. The average Bonchev–Trinajstić information content (AvgIpc) is 3.28. The number of hydrogen-bond donors (Lipinski definition) is 1. The first-order valence-corrected chi connectivity index (χ1v) is 10.7. The Balaban J connectivity index is 1.89. The minimum Gasteiger partial charge on any atom is -0.506 e. The van der Waals surface area contributed by atoms with E-state index in [2.05, 4.69) is 11.9 Å². The van der Waals surface area contributed by atoms with Crippen LogP contribution in [-0.4, -0.2) is 37.8 Å². The highest BCUT2D eigenvalue weighted by Crippen LogP contribution is 2.45. The van der Waals surface area contributed by atoms with Crippen LogP contribution in [0.5, 0.6) is 5.75 Å². The van der Waals surface area contributed by atoms with Crippen LogP contribution in [0.2, 0.25) is 10.0 Å². The Kier molecular flexibility index (Phi) is 7.19. The van der Waals surface area contributed by atoms with Crippen molar-refractivity contribution in [3.05, 3.63) is 46.5 Å². The van der Waals surface area contributed by atoms with Crippen molar-refractivity contribution in [2.45, 2.75) is 51.6 Å². The number of halogens is 2. The van der Waals surface area contributed by atoms with Gasteiger partial charge in [-0.25, -0.2) is 4.98 Å². The molecule has 0 aliphatic carbocycles. The van der Waals surface area contributed by atoms with Gasteiger partial charge in [0.15, 0.2) is 0 Å². The molecule has 0 saturated carbocycles. The summed E-state index contributed by atoms with van der Waals surface area (Å²) in [7, 11) is 0. The van der Waals surface area contributed by atoms with E-state index in [-0.39, 0.29) is 10.8 Å². The summed E-state index contributed by atoms with van der Waals surface area (Å²) < 4.78 is 1.92. The van der Waals surface area contributed by atoms with Gasteiger partial charge in [-0.15, -0.1) is 0 Å². The van der Waals surface area contributed by atoms with Crippen LogP contribution in [0.25, 0.3) is 0 Å². The van der Waals surface area contributed by atoms with Gasteiger partial charge in [0, 0.05) is 36.1 Å². The minimum absolute atomic E-state index is 0.116. The fourth-order valence-corrected chi connectivity index (χ4v) is 4.48. The smallest absolute Gasteiger partial charge is 0.290 e. The fraction of sp³-hybridized carbons (Fsp3) is 0.476. The van der Waals surface area contributed by atoms with E-state index in [4.69, 9.17) is 23.2 Å². The summed E-state index contributed by atoms with van der Waals surface area (Å²) in [4.78, 5) is 31.2. The van der Waals surface area contributed by atoms with Gasteiger partial charge in [-0.1, -0.05) is 49.4 Å². The summed E-state index contributed by atoms with van der Waals surface area (Å²) in [6.45, 7) is 3.15. The molecule has 3 rings (SSSR count). The molecule has 1 amide bonds. The fourth-order valence-electron chi connectivity index (χ4n) is 3.97. The lowest BCUT2D eigenvalue weighted by Gasteiger charge is -2.28. The van der Waals surface area contributed by atoms with Crippen molar-refractivity contribution < 1.29 is 14.7 Å². The Morgan fingerprint density at radius 2 is 1.93 bits per heavy atom. The van der Waals surface area contributed by atoms with E-state index in [9.17, 15) is 14.7 Å². The minimum atomic E-state index is -0.564. The number of hydrogen-bond acceptors (Lipinski definition) is 4. The first-order chi connectivity index (χ1) is 13.9. The van der Waals surface area contributed by atoms with Crippen LogP contribution in [-0.2, 0) is 16.1 Å². The van der Waals surface area contributed by atoms with Crippen LogP contribution in [0.3, 0.4) is 0 Å². The summed E-state index contributed by atoms with van der Waals surface area (Å²) >= 11 is 12.3. The van der Waals surface area contributed by atoms with Gasteiger partial charge in [0.2, 0.25) is 5.78 Å². The number of benzene rings is 1. The lowest BCUT2D eigenvalue weighted by molar-refractivity contribution is -0.141. The molecule has 8 heteroatoms. The van der Waals surface area contributed by atoms with Crippen LogP contribution >= 0.6 is 23.2 Å². The highest BCUT2D eigenvalue weighted by atomic mass is 35.5. The SMILES string of the molecule is CCCCCC1C(=O)C(=O)N(CCCn2ccnc2)C1c1cc(Cl)cc(Cl)c1O. The molecular formula is C21H25Cl2N3O3. The molecule has 2 heterocycles. The maximum Gasteiger partial charge on any atom is 0.290 e. The second kappa shape index (κ2) is 9.63. The molecule has 1 aromatic heterocycles. The van der Waals surface area contributed by atoms with Crippen molar-refractivity contribution in [2.75, 3.05) is 6.54 Å². The van der Waals surface area contributed by atoms with E-state index >= 15 is 0 Å². The number of rotatable bonds is 9. The molecule has 1 aliphatic rings. The Hall–Kier alpha value is -2.05. The van der Waals surface area contributed by atoms with E-state index in [1.54, 1.807) is 23.5 Å². The number of amides is 1. The second-order valence-corrected chi connectivity index (χ2v) is 8.23. The molecule has 6 nitrogen and oxygen atoms in total. The molecular weight excluding hydrogens is 413 g/mol. The van der Waals surface area contributed by atoms with Gasteiger partial charge >= 0.3 is 0 Å². The number of carbonyl (C=O) groups is 2. The number of phenolic OH excluding ortho intramolecular Hbond substituents is 1. The van der Waals surface area contributed by atoms with Crippen molar-refractivity contribution in [1.82, 2.24) is 14.5 Å². The Morgan fingerprint density at radius 1 is 1.14 bits per heavy atom. The van der Waals surface area contributed by atoms with Crippen molar-refractivity contribution >= 4 is 34.9 Å². The number of unbranched alkanes of at least 4 members (excludes halogenated alkanes) is 2. The molecule has 0 spiro atoms. The zero-order valence-electron chi connectivity index (χ0n) is 16.4. The van der Waals surface area contributed by atoms with Crippen LogP contribution in [0.4, 0.5) is 0 Å². The molecule has 2 atom stereocenters. The molecule has 2 aromatic rings. The number of nitrogens with zero attached hydrogens (tertiary/aromatic N) is 3. The molecule has 1 aliphatic heterocycles. The topological polar surface area (TPSA) is 75.4 Å².